The van der Waals surface area contributed by atoms with Gasteiger partial charge in [0.25, 0.3) is 0 Å². The van der Waals surface area contributed by atoms with Crippen LogP contribution in [0.5, 0.6) is 17.2 Å². The van der Waals surface area contributed by atoms with Crippen molar-refractivity contribution in [1.82, 2.24) is 13.7 Å². The van der Waals surface area contributed by atoms with Crippen molar-refractivity contribution in [3.8, 4) is 17.2 Å². The van der Waals surface area contributed by atoms with Crippen molar-refractivity contribution in [1.29, 1.82) is 0 Å². The van der Waals surface area contributed by atoms with Gasteiger partial charge in [-0.2, -0.15) is 0 Å². The minimum atomic E-state index is -1.39. The van der Waals surface area contributed by atoms with E-state index >= 15 is 14.4 Å². The van der Waals surface area contributed by atoms with Gasteiger partial charge in [0.15, 0.2) is 0 Å². The summed E-state index contributed by atoms with van der Waals surface area (Å²) in [6, 6.07) is 6.15. The van der Waals surface area contributed by atoms with Gasteiger partial charge in [0.2, 0.25) is 0 Å². The van der Waals surface area contributed by atoms with E-state index in [9.17, 15) is 29.7 Å². The highest BCUT2D eigenvalue weighted by molar-refractivity contribution is 5.69. The molecular formula is C60H87N3O12. The number of nitrogens with zero attached hydrogens (tertiary/aromatic N) is 3. The summed E-state index contributed by atoms with van der Waals surface area (Å²) < 4.78 is 20.3. The van der Waals surface area contributed by atoms with E-state index in [1.54, 1.807) is 57.2 Å². The lowest BCUT2D eigenvalue weighted by Crippen LogP contribution is -2.59. The molecule has 414 valence electrons. The van der Waals surface area contributed by atoms with E-state index in [1.807, 2.05) is 41.5 Å². The summed E-state index contributed by atoms with van der Waals surface area (Å²) in [7, 11) is 0. The maximum atomic E-state index is 16.1. The number of esters is 3. The first kappa shape index (κ1) is 61.4. The predicted octanol–water partition coefficient (Wildman–Crippen LogP) is 11.0. The minimum absolute atomic E-state index is 0.0245. The fourth-order valence-electron chi connectivity index (χ4n) is 9.46. The summed E-state index contributed by atoms with van der Waals surface area (Å²) in [6.07, 6.45) is 11.9. The maximum absolute atomic E-state index is 16.1. The Morgan fingerprint density at radius 1 is 0.373 bits per heavy atom. The number of phenolic OH excluding ortho intramolecular Hbond substituents is 3. The molecule has 15 heteroatoms. The Balaban J connectivity index is 2.39. The van der Waals surface area contributed by atoms with Gasteiger partial charge in [-0.15, -0.1) is 0 Å². The zero-order valence-corrected chi connectivity index (χ0v) is 46.5. The van der Waals surface area contributed by atoms with Gasteiger partial charge in [-0.3, -0.25) is 14.4 Å². The molecule has 15 nitrogen and oxygen atoms in total. The van der Waals surface area contributed by atoms with E-state index in [0.717, 1.165) is 52.2 Å². The van der Waals surface area contributed by atoms with E-state index in [1.165, 1.54) is 0 Å². The van der Waals surface area contributed by atoms with Crippen LogP contribution in [0, 0.1) is 0 Å². The molecule has 0 aliphatic carbocycles. The third-order valence-corrected chi connectivity index (χ3v) is 14.1. The highest BCUT2D eigenvalue weighted by atomic mass is 16.5. The van der Waals surface area contributed by atoms with Crippen LogP contribution in [0.1, 0.15) is 227 Å². The smallest absolute Gasteiger partial charge is 0.337 e. The molecule has 4 rings (SSSR count). The second-order valence-corrected chi connectivity index (χ2v) is 19.8. The number of carbonyl (C=O) groups is 3. The van der Waals surface area contributed by atoms with Gasteiger partial charge < -0.3 is 29.5 Å². The third kappa shape index (κ3) is 16.2. The molecule has 0 amide bonds. The molecule has 75 heavy (non-hydrogen) atoms. The van der Waals surface area contributed by atoms with E-state index in [-0.39, 0.29) is 36.5 Å². The molecular weight excluding hydrogens is 955 g/mol. The molecule has 3 unspecified atom stereocenters. The number of aromatic hydroxyl groups is 3. The molecule has 1 aromatic heterocycles. The number of rotatable bonds is 33. The number of unbranched alkanes of at least 4 members (excludes halogenated alkanes) is 6. The number of aryl methyl sites for hydroxylation is 6. The second-order valence-electron chi connectivity index (χ2n) is 19.8. The van der Waals surface area contributed by atoms with Crippen LogP contribution in [0.4, 0.5) is 0 Å². The topological polar surface area (TPSA) is 206 Å². The Labute approximate surface area is 444 Å². The zero-order valence-electron chi connectivity index (χ0n) is 46.5. The molecule has 0 bridgehead atoms. The summed E-state index contributed by atoms with van der Waals surface area (Å²) in [5.41, 5.74) is 1.27. The molecule has 1 heterocycles. The summed E-state index contributed by atoms with van der Waals surface area (Å²) in [5.74, 6) is -1.53. The van der Waals surface area contributed by atoms with Crippen molar-refractivity contribution in [3.63, 3.8) is 0 Å². The quantitative estimate of drug-likeness (QED) is 0.0301. The van der Waals surface area contributed by atoms with Gasteiger partial charge >= 0.3 is 35.0 Å². The Kier molecular flexibility index (Phi) is 25.4. The number of benzene rings is 3. The lowest BCUT2D eigenvalue weighted by molar-refractivity contribution is -0.144. The third-order valence-electron chi connectivity index (χ3n) is 14.1. The van der Waals surface area contributed by atoms with Gasteiger partial charge in [0.05, 0.1) is 0 Å². The first-order valence-electron chi connectivity index (χ1n) is 28.1. The first-order valence-corrected chi connectivity index (χ1v) is 28.1. The Morgan fingerprint density at radius 2 is 0.560 bits per heavy atom. The summed E-state index contributed by atoms with van der Waals surface area (Å²) in [6.45, 7) is 15.4. The molecule has 0 fully saturated rings. The van der Waals surface area contributed by atoms with Gasteiger partial charge in [-0.1, -0.05) is 101 Å². The average molecular weight is 1040 g/mol. The van der Waals surface area contributed by atoms with E-state index < -0.39 is 72.9 Å². The summed E-state index contributed by atoms with van der Waals surface area (Å²) in [5, 5.41) is 35.1. The zero-order chi connectivity index (χ0) is 55.2. The monoisotopic (exact) mass is 1040 g/mol. The fourth-order valence-corrected chi connectivity index (χ4v) is 9.46. The molecule has 0 saturated carbocycles. The van der Waals surface area contributed by atoms with Gasteiger partial charge in [0, 0.05) is 19.3 Å². The SMILES string of the molecule is CCCCc1cc(C(COC(=O)CC)n2c(=O)n(C(COC(=O)CC)c3cc(CCCC)c(O)c(CCCC)c3)c(=O)n(C(COC(=O)CC)c3cc(CCCC)c(O)c(CCCC)c3)c2=O)cc(CCCC)c1O. The largest absolute Gasteiger partial charge is 0.507 e. The number of phenols is 3. The highest BCUT2D eigenvalue weighted by Gasteiger charge is 2.34. The van der Waals surface area contributed by atoms with Crippen LogP contribution in [0.15, 0.2) is 50.8 Å². The van der Waals surface area contributed by atoms with Crippen molar-refractivity contribution < 1.29 is 43.9 Å². The number of hydrogen-bond acceptors (Lipinski definition) is 12. The molecule has 4 aromatic rings. The molecule has 3 atom stereocenters. The molecule has 3 aromatic carbocycles. The molecule has 3 N–H and O–H groups in total. The molecule has 0 aliphatic heterocycles. The normalized spacial score (nSPS) is 12.6. The number of aromatic nitrogens is 3. The molecule has 0 radical (unpaired) electrons. The van der Waals surface area contributed by atoms with E-state index in [2.05, 4.69) is 0 Å². The van der Waals surface area contributed by atoms with Crippen LogP contribution < -0.4 is 17.1 Å². The summed E-state index contributed by atoms with van der Waals surface area (Å²) in [4.78, 5) is 87.8. The number of hydrogen-bond donors (Lipinski definition) is 3. The standard InChI is InChI=1S/C60H87N3O12/c1-10-19-25-40-31-46(32-41(55(40)67)26-20-11-2)49(37-73-52(64)16-7)61-58(70)62(50(38-74-53(65)17-8)47-33-42(27-21-12-3)56(68)43(34-47)28-22-13-4)60(72)63(59(61)71)51(39-75-54(66)18-9)48-35-44(29-23-14-5)57(69)45(36-48)30-24-15-6/h31-36,49-51,67-69H,10-30,37-39H2,1-9H3. The number of carbonyl (C=O) groups excluding carboxylic acids is 3. The summed E-state index contributed by atoms with van der Waals surface area (Å²) >= 11 is 0. The van der Waals surface area contributed by atoms with E-state index in [0.29, 0.717) is 127 Å². The molecule has 0 saturated heterocycles. The lowest BCUT2D eigenvalue weighted by atomic mass is 9.93. The highest BCUT2D eigenvalue weighted by Crippen LogP contribution is 2.35. The number of ether oxygens (including phenoxy) is 3. The van der Waals surface area contributed by atoms with Crippen LogP contribution in [0.3, 0.4) is 0 Å². The maximum Gasteiger partial charge on any atom is 0.337 e. The predicted molar refractivity (Wildman–Crippen MR) is 293 cm³/mol. The van der Waals surface area contributed by atoms with Gasteiger partial charge in [0.1, 0.15) is 55.2 Å². The fraction of sp³-hybridized carbons (Fsp3) is 0.600. The van der Waals surface area contributed by atoms with Gasteiger partial charge in [-0.25, -0.2) is 28.1 Å². The minimum Gasteiger partial charge on any atom is -0.507 e. The van der Waals surface area contributed by atoms with Crippen LogP contribution in [0.2, 0.25) is 0 Å². The average Bonchev–Trinajstić information content (AvgIpc) is 3.41. The Hall–Kier alpha value is -6.12. The van der Waals surface area contributed by atoms with Crippen molar-refractivity contribution >= 4 is 17.9 Å². The van der Waals surface area contributed by atoms with Crippen LogP contribution in [0.25, 0.3) is 0 Å². The van der Waals surface area contributed by atoms with Crippen molar-refractivity contribution in [2.75, 3.05) is 19.8 Å². The van der Waals surface area contributed by atoms with E-state index in [4.69, 9.17) is 14.2 Å². The lowest BCUT2D eigenvalue weighted by Gasteiger charge is -2.29. The molecule has 0 spiro atoms. The second kappa shape index (κ2) is 31.1. The van der Waals surface area contributed by atoms with Crippen molar-refractivity contribution in [2.45, 2.75) is 215 Å². The van der Waals surface area contributed by atoms with Crippen molar-refractivity contribution in [2.24, 2.45) is 0 Å². The first-order chi connectivity index (χ1) is 36.1. The Bertz CT molecular complexity index is 2290. The molecule has 0 aliphatic rings. The van der Waals surface area contributed by atoms with Crippen molar-refractivity contribution in [3.05, 3.63) is 118 Å². The van der Waals surface area contributed by atoms with Crippen LogP contribution >= 0.6 is 0 Å². The van der Waals surface area contributed by atoms with Crippen LogP contribution in [-0.2, 0) is 67.1 Å². The van der Waals surface area contributed by atoms with Crippen LogP contribution in [-0.4, -0.2) is 66.7 Å². The Morgan fingerprint density at radius 3 is 0.720 bits per heavy atom. The van der Waals surface area contributed by atoms with Gasteiger partial charge in [-0.05, 0) is 164 Å².